The van der Waals surface area contributed by atoms with E-state index in [1.807, 2.05) is 0 Å². The average molecular weight is 829 g/mol. The van der Waals surface area contributed by atoms with Crippen molar-refractivity contribution >= 4 is 31.9 Å². The highest BCUT2D eigenvalue weighted by molar-refractivity contribution is 9.13. The Kier molecular flexibility index (Phi) is 34.2. The van der Waals surface area contributed by atoms with Gasteiger partial charge in [-0.2, -0.15) is 0 Å². The van der Waals surface area contributed by atoms with E-state index in [2.05, 4.69) is 71.7 Å². The standard InChI is InChI=1S/C46H84Br2O2/c1-5-9-13-17-21-23-27-31-35-41(33-29-25-19-15-11-7-3)39-49-43-37-38-44(46(48)45(43)47)50-40-42(34-30-26-20-16-12-8-4)36-32-28-24-22-18-14-10-6-2/h37-38,41-42H,5-36,39-40H2,1-4H3. The average Bonchev–Trinajstić information content (AvgIpc) is 3.12. The molecule has 0 aliphatic rings. The van der Waals surface area contributed by atoms with Gasteiger partial charge in [-0.1, -0.05) is 207 Å². The molecule has 0 bridgehead atoms. The molecule has 0 N–H and O–H groups in total. The molecule has 0 saturated carbocycles. The summed E-state index contributed by atoms with van der Waals surface area (Å²) in [6.07, 6.45) is 43.7. The van der Waals surface area contributed by atoms with Gasteiger partial charge in [-0.3, -0.25) is 0 Å². The molecular weight excluding hydrogens is 744 g/mol. The van der Waals surface area contributed by atoms with Crippen LogP contribution in [0.4, 0.5) is 0 Å². The first-order valence-corrected chi connectivity index (χ1v) is 23.9. The molecule has 0 aliphatic heterocycles. The third kappa shape index (κ3) is 26.5. The number of ether oxygens (including phenoxy) is 2. The fourth-order valence-electron chi connectivity index (χ4n) is 7.33. The van der Waals surface area contributed by atoms with Crippen LogP contribution in [0.1, 0.15) is 233 Å². The van der Waals surface area contributed by atoms with Crippen LogP contribution in [0.3, 0.4) is 0 Å². The van der Waals surface area contributed by atoms with E-state index in [0.29, 0.717) is 11.8 Å². The van der Waals surface area contributed by atoms with Gasteiger partial charge in [0.15, 0.2) is 0 Å². The number of rotatable bonds is 38. The molecular formula is C46H84Br2O2. The maximum absolute atomic E-state index is 6.55. The van der Waals surface area contributed by atoms with Gasteiger partial charge >= 0.3 is 0 Å². The van der Waals surface area contributed by atoms with Gasteiger partial charge < -0.3 is 9.47 Å². The summed E-state index contributed by atoms with van der Waals surface area (Å²) < 4.78 is 15.1. The smallest absolute Gasteiger partial charge is 0.134 e. The lowest BCUT2D eigenvalue weighted by Gasteiger charge is -2.21. The van der Waals surface area contributed by atoms with Crippen molar-refractivity contribution in [3.63, 3.8) is 0 Å². The number of hydrogen-bond acceptors (Lipinski definition) is 2. The predicted octanol–water partition coefficient (Wildman–Crippen LogP) is 17.8. The summed E-state index contributed by atoms with van der Waals surface area (Å²) in [6, 6.07) is 4.26. The Morgan fingerprint density at radius 3 is 0.820 bits per heavy atom. The highest BCUT2D eigenvalue weighted by Crippen LogP contribution is 2.40. The van der Waals surface area contributed by atoms with Crippen molar-refractivity contribution in [2.24, 2.45) is 11.8 Å². The summed E-state index contributed by atoms with van der Waals surface area (Å²) in [5.41, 5.74) is 0. The van der Waals surface area contributed by atoms with E-state index in [0.717, 1.165) is 33.7 Å². The lowest BCUT2D eigenvalue weighted by molar-refractivity contribution is 0.217. The molecule has 0 saturated heterocycles. The Hall–Kier alpha value is -0.220. The van der Waals surface area contributed by atoms with E-state index in [1.54, 1.807) is 0 Å². The zero-order valence-electron chi connectivity index (χ0n) is 33.9. The zero-order chi connectivity index (χ0) is 36.3. The maximum atomic E-state index is 6.55. The Morgan fingerprint density at radius 1 is 0.360 bits per heavy atom. The largest absolute Gasteiger partial charge is 0.492 e. The monoisotopic (exact) mass is 826 g/mol. The summed E-state index contributed by atoms with van der Waals surface area (Å²) in [7, 11) is 0. The van der Waals surface area contributed by atoms with Crippen LogP contribution in [0.15, 0.2) is 21.1 Å². The molecule has 2 unspecified atom stereocenters. The summed E-state index contributed by atoms with van der Waals surface area (Å²) in [6.45, 7) is 10.8. The van der Waals surface area contributed by atoms with E-state index in [9.17, 15) is 0 Å². The second-order valence-electron chi connectivity index (χ2n) is 15.7. The number of benzene rings is 1. The van der Waals surface area contributed by atoms with Crippen molar-refractivity contribution in [1.82, 2.24) is 0 Å². The lowest BCUT2D eigenvalue weighted by atomic mass is 9.94. The molecule has 0 aromatic heterocycles. The first-order valence-electron chi connectivity index (χ1n) is 22.3. The first kappa shape index (κ1) is 47.8. The highest BCUT2D eigenvalue weighted by Gasteiger charge is 2.17. The van der Waals surface area contributed by atoms with Crippen LogP contribution in [0.25, 0.3) is 0 Å². The van der Waals surface area contributed by atoms with E-state index >= 15 is 0 Å². The van der Waals surface area contributed by atoms with Crippen molar-refractivity contribution in [3.05, 3.63) is 21.1 Å². The molecule has 1 aromatic carbocycles. The number of hydrogen-bond donors (Lipinski definition) is 0. The Balaban J connectivity index is 2.66. The maximum Gasteiger partial charge on any atom is 0.134 e. The Labute approximate surface area is 330 Å². The van der Waals surface area contributed by atoms with Gasteiger partial charge in [0.1, 0.15) is 11.5 Å². The van der Waals surface area contributed by atoms with Crippen LogP contribution in [-0.2, 0) is 0 Å². The fourth-order valence-corrected chi connectivity index (χ4v) is 8.22. The molecule has 2 atom stereocenters. The zero-order valence-corrected chi connectivity index (χ0v) is 37.1. The number of unbranched alkanes of at least 4 members (excludes halogenated alkanes) is 24. The third-order valence-corrected chi connectivity index (χ3v) is 12.9. The minimum atomic E-state index is 0.641. The van der Waals surface area contributed by atoms with Crippen LogP contribution in [-0.4, -0.2) is 13.2 Å². The first-order chi connectivity index (χ1) is 24.6. The minimum absolute atomic E-state index is 0.641. The molecule has 0 spiro atoms. The Morgan fingerprint density at radius 2 is 0.580 bits per heavy atom. The van der Waals surface area contributed by atoms with E-state index in [1.165, 1.54) is 205 Å². The van der Waals surface area contributed by atoms with E-state index < -0.39 is 0 Å². The quantitative estimate of drug-likeness (QED) is 0.0618. The topological polar surface area (TPSA) is 18.5 Å². The van der Waals surface area contributed by atoms with E-state index in [4.69, 9.17) is 9.47 Å². The van der Waals surface area contributed by atoms with Crippen molar-refractivity contribution in [2.45, 2.75) is 233 Å². The summed E-state index contributed by atoms with van der Waals surface area (Å²) in [4.78, 5) is 0. The lowest BCUT2D eigenvalue weighted by Crippen LogP contribution is -2.14. The van der Waals surface area contributed by atoms with Crippen LogP contribution in [0.5, 0.6) is 11.5 Å². The summed E-state index contributed by atoms with van der Waals surface area (Å²) in [5.74, 6) is 3.16. The van der Waals surface area contributed by atoms with Crippen LogP contribution >= 0.6 is 31.9 Å². The minimum Gasteiger partial charge on any atom is -0.492 e. The van der Waals surface area contributed by atoms with Crippen LogP contribution in [0.2, 0.25) is 0 Å². The van der Waals surface area contributed by atoms with Crippen LogP contribution in [0, 0.1) is 11.8 Å². The summed E-state index contributed by atoms with van der Waals surface area (Å²) >= 11 is 7.75. The normalized spacial score (nSPS) is 12.8. The summed E-state index contributed by atoms with van der Waals surface area (Å²) in [5, 5.41) is 0. The molecule has 0 fully saturated rings. The van der Waals surface area contributed by atoms with Gasteiger partial charge in [0.2, 0.25) is 0 Å². The highest BCUT2D eigenvalue weighted by atomic mass is 79.9. The molecule has 0 amide bonds. The van der Waals surface area contributed by atoms with Crippen molar-refractivity contribution in [3.8, 4) is 11.5 Å². The van der Waals surface area contributed by atoms with Gasteiger partial charge in [0.25, 0.3) is 0 Å². The molecule has 4 heteroatoms. The molecule has 1 rings (SSSR count). The molecule has 1 aromatic rings. The van der Waals surface area contributed by atoms with Crippen LogP contribution < -0.4 is 9.47 Å². The van der Waals surface area contributed by atoms with Gasteiger partial charge in [0.05, 0.1) is 22.2 Å². The van der Waals surface area contributed by atoms with Gasteiger partial charge in [-0.05, 0) is 81.5 Å². The molecule has 2 nitrogen and oxygen atoms in total. The molecule has 50 heavy (non-hydrogen) atoms. The van der Waals surface area contributed by atoms with E-state index in [-0.39, 0.29) is 0 Å². The number of halogens is 2. The second-order valence-corrected chi connectivity index (χ2v) is 17.3. The molecule has 0 radical (unpaired) electrons. The second kappa shape index (κ2) is 35.8. The van der Waals surface area contributed by atoms with Gasteiger partial charge in [-0.25, -0.2) is 0 Å². The predicted molar refractivity (Wildman–Crippen MR) is 230 cm³/mol. The Bertz CT molecular complexity index is 790. The van der Waals surface area contributed by atoms with Gasteiger partial charge in [-0.15, -0.1) is 0 Å². The molecule has 0 aliphatic carbocycles. The fraction of sp³-hybridized carbons (Fsp3) is 0.870. The molecule has 294 valence electrons. The SMILES string of the molecule is CCCCCCCCCCC(CCCCCCCC)COc1ccc(OCC(CCCCCCCC)CCCCCCCCCC)c(Br)c1Br. The van der Waals surface area contributed by atoms with Gasteiger partial charge in [0, 0.05) is 0 Å². The van der Waals surface area contributed by atoms with Crippen molar-refractivity contribution < 1.29 is 9.47 Å². The third-order valence-electron chi connectivity index (χ3n) is 10.8. The van der Waals surface area contributed by atoms with Crippen molar-refractivity contribution in [2.75, 3.05) is 13.2 Å². The molecule has 0 heterocycles. The van der Waals surface area contributed by atoms with Crippen molar-refractivity contribution in [1.29, 1.82) is 0 Å².